The number of hydrogen-bond donors (Lipinski definition) is 2. The average molecular weight is 344 g/mol. The zero-order chi connectivity index (χ0) is 17.8. The predicted molar refractivity (Wildman–Crippen MR) is 93.9 cm³/mol. The Morgan fingerprint density at radius 2 is 2.16 bits per heavy atom. The Hall–Kier alpha value is -2.41. The number of hydrogen-bond acceptors (Lipinski definition) is 4. The second kappa shape index (κ2) is 7.65. The summed E-state index contributed by atoms with van der Waals surface area (Å²) in [6, 6.07) is 7.95. The number of β-amino-alcohol motifs (C(OH)–C–C–N with tert-alkyl or cyclic N) is 1. The van der Waals surface area contributed by atoms with E-state index in [4.69, 9.17) is 0 Å². The maximum absolute atomic E-state index is 12.1. The highest BCUT2D eigenvalue weighted by Gasteiger charge is 2.26. The Balaban J connectivity index is 1.48. The lowest BCUT2D eigenvalue weighted by molar-refractivity contribution is -0.147. The van der Waals surface area contributed by atoms with Crippen LogP contribution in [0.4, 0.5) is 0 Å². The van der Waals surface area contributed by atoms with Gasteiger partial charge in [-0.2, -0.15) is 0 Å². The number of benzene rings is 1. The molecule has 1 aliphatic heterocycles. The summed E-state index contributed by atoms with van der Waals surface area (Å²) in [7, 11) is 0. The molecule has 134 valence electrons. The summed E-state index contributed by atoms with van der Waals surface area (Å²) >= 11 is 0. The monoisotopic (exact) mass is 344 g/mol. The van der Waals surface area contributed by atoms with Crippen LogP contribution in [0.2, 0.25) is 0 Å². The normalized spacial score (nSPS) is 17.7. The van der Waals surface area contributed by atoms with Crippen LogP contribution in [0.5, 0.6) is 0 Å². The standard InChI is InChI=1S/C18H24N4O3/c1-13-20-15-7-2-3-8-16(15)22(13)11-5-9-19-17(24)18(25)21-10-4-6-14(23)12-21/h2-3,7-8,14,23H,4-6,9-12H2,1H3,(H,19,24)/t14-/m0/s1. The molecule has 2 aromatic rings. The highest BCUT2D eigenvalue weighted by Crippen LogP contribution is 2.15. The van der Waals surface area contributed by atoms with Crippen molar-refractivity contribution in [1.29, 1.82) is 0 Å². The number of piperidine rings is 1. The van der Waals surface area contributed by atoms with Gasteiger partial charge in [-0.15, -0.1) is 0 Å². The van der Waals surface area contributed by atoms with Gasteiger partial charge in [0.25, 0.3) is 0 Å². The number of aromatic nitrogens is 2. The number of aliphatic hydroxyl groups is 1. The number of likely N-dealkylation sites (tertiary alicyclic amines) is 1. The van der Waals surface area contributed by atoms with E-state index in [1.54, 1.807) is 0 Å². The largest absolute Gasteiger partial charge is 0.391 e. The number of nitrogens with one attached hydrogen (secondary N) is 1. The van der Waals surface area contributed by atoms with Crippen LogP contribution in [0.15, 0.2) is 24.3 Å². The van der Waals surface area contributed by atoms with Gasteiger partial charge < -0.3 is 19.9 Å². The third-order valence-electron chi connectivity index (χ3n) is 4.57. The molecule has 0 spiro atoms. The smallest absolute Gasteiger partial charge is 0.311 e. The molecule has 0 aliphatic carbocycles. The van der Waals surface area contributed by atoms with Crippen LogP contribution in [0, 0.1) is 6.92 Å². The van der Waals surface area contributed by atoms with Crippen LogP contribution in [-0.2, 0) is 16.1 Å². The molecule has 1 aromatic carbocycles. The number of carbonyl (C=O) groups excluding carboxylic acids is 2. The molecule has 1 aliphatic rings. The highest BCUT2D eigenvalue weighted by atomic mass is 16.3. The number of aliphatic hydroxyl groups excluding tert-OH is 1. The van der Waals surface area contributed by atoms with Crippen LogP contribution < -0.4 is 5.32 Å². The number of para-hydroxylation sites is 2. The van der Waals surface area contributed by atoms with Crippen molar-refractivity contribution in [2.75, 3.05) is 19.6 Å². The Labute approximate surface area is 146 Å². The van der Waals surface area contributed by atoms with E-state index in [1.807, 2.05) is 31.2 Å². The van der Waals surface area contributed by atoms with E-state index in [0.717, 1.165) is 29.8 Å². The Bertz CT molecular complexity index is 771. The van der Waals surface area contributed by atoms with E-state index < -0.39 is 17.9 Å². The fourth-order valence-electron chi connectivity index (χ4n) is 3.28. The van der Waals surface area contributed by atoms with E-state index in [-0.39, 0.29) is 6.54 Å². The van der Waals surface area contributed by atoms with Crippen molar-refractivity contribution in [3.05, 3.63) is 30.1 Å². The molecule has 2 N–H and O–H groups in total. The molecular weight excluding hydrogens is 320 g/mol. The molecule has 7 heteroatoms. The van der Waals surface area contributed by atoms with Crippen LogP contribution in [-0.4, -0.2) is 57.1 Å². The topological polar surface area (TPSA) is 87.5 Å². The van der Waals surface area contributed by atoms with Gasteiger partial charge in [0, 0.05) is 26.2 Å². The van der Waals surface area contributed by atoms with Crippen LogP contribution >= 0.6 is 0 Å². The zero-order valence-corrected chi connectivity index (χ0v) is 14.4. The molecule has 2 amide bonds. The van der Waals surface area contributed by atoms with Gasteiger partial charge in [-0.05, 0) is 38.3 Å². The summed E-state index contributed by atoms with van der Waals surface area (Å²) in [6.45, 7) is 3.88. The molecule has 1 aromatic heterocycles. The molecule has 0 radical (unpaired) electrons. The van der Waals surface area contributed by atoms with E-state index >= 15 is 0 Å². The molecule has 1 fully saturated rings. The fraction of sp³-hybridized carbons (Fsp3) is 0.500. The molecular formula is C18H24N4O3. The number of carbonyl (C=O) groups is 2. The first-order valence-electron chi connectivity index (χ1n) is 8.73. The zero-order valence-electron chi connectivity index (χ0n) is 14.4. The van der Waals surface area contributed by atoms with Gasteiger partial charge in [-0.25, -0.2) is 4.98 Å². The van der Waals surface area contributed by atoms with Crippen molar-refractivity contribution in [2.45, 2.75) is 38.8 Å². The van der Waals surface area contributed by atoms with E-state index in [1.165, 1.54) is 4.90 Å². The number of amides is 2. The summed E-state index contributed by atoms with van der Waals surface area (Å²) < 4.78 is 2.12. The molecule has 0 saturated carbocycles. The maximum atomic E-state index is 12.1. The predicted octanol–water partition coefficient (Wildman–Crippen LogP) is 0.834. The van der Waals surface area contributed by atoms with Crippen molar-refractivity contribution in [3.8, 4) is 0 Å². The van der Waals surface area contributed by atoms with Gasteiger partial charge in [0.2, 0.25) is 0 Å². The first-order valence-corrected chi connectivity index (χ1v) is 8.73. The third-order valence-corrected chi connectivity index (χ3v) is 4.57. The SMILES string of the molecule is Cc1nc2ccccc2n1CCCNC(=O)C(=O)N1CCC[C@H](O)C1. The lowest BCUT2D eigenvalue weighted by Crippen LogP contribution is -2.48. The minimum absolute atomic E-state index is 0.243. The number of nitrogens with zero attached hydrogens (tertiary/aromatic N) is 3. The van der Waals surface area contributed by atoms with Gasteiger partial charge in [0.15, 0.2) is 0 Å². The lowest BCUT2D eigenvalue weighted by Gasteiger charge is -2.29. The second-order valence-corrected chi connectivity index (χ2v) is 6.46. The molecule has 1 atom stereocenters. The van der Waals surface area contributed by atoms with Gasteiger partial charge >= 0.3 is 11.8 Å². The molecule has 7 nitrogen and oxygen atoms in total. The van der Waals surface area contributed by atoms with E-state index in [2.05, 4.69) is 14.9 Å². The number of rotatable bonds is 4. The Kier molecular flexibility index (Phi) is 5.33. The second-order valence-electron chi connectivity index (χ2n) is 6.46. The molecule has 25 heavy (non-hydrogen) atoms. The minimum atomic E-state index is -0.596. The molecule has 2 heterocycles. The van der Waals surface area contributed by atoms with Gasteiger partial charge in [0.1, 0.15) is 5.82 Å². The molecule has 0 unspecified atom stereocenters. The van der Waals surface area contributed by atoms with Crippen molar-refractivity contribution < 1.29 is 14.7 Å². The van der Waals surface area contributed by atoms with E-state index in [9.17, 15) is 14.7 Å². The molecule has 3 rings (SSSR count). The maximum Gasteiger partial charge on any atom is 0.311 e. The number of aryl methyl sites for hydroxylation is 2. The third kappa shape index (κ3) is 3.99. The van der Waals surface area contributed by atoms with Gasteiger partial charge in [-0.1, -0.05) is 12.1 Å². The first-order chi connectivity index (χ1) is 12.1. The number of imidazole rings is 1. The van der Waals surface area contributed by atoms with Crippen molar-refractivity contribution in [3.63, 3.8) is 0 Å². The van der Waals surface area contributed by atoms with Gasteiger partial charge in [0.05, 0.1) is 17.1 Å². The summed E-state index contributed by atoms with van der Waals surface area (Å²) in [6.07, 6.45) is 1.60. The summed E-state index contributed by atoms with van der Waals surface area (Å²) in [5.41, 5.74) is 2.03. The summed E-state index contributed by atoms with van der Waals surface area (Å²) in [5, 5.41) is 12.3. The van der Waals surface area contributed by atoms with Crippen LogP contribution in [0.1, 0.15) is 25.1 Å². The van der Waals surface area contributed by atoms with Crippen molar-refractivity contribution in [2.24, 2.45) is 0 Å². The first kappa shape index (κ1) is 17.4. The Morgan fingerprint density at radius 1 is 1.36 bits per heavy atom. The molecule has 1 saturated heterocycles. The average Bonchev–Trinajstić information content (AvgIpc) is 2.93. The van der Waals surface area contributed by atoms with Crippen LogP contribution in [0.3, 0.4) is 0 Å². The quantitative estimate of drug-likeness (QED) is 0.635. The van der Waals surface area contributed by atoms with Crippen molar-refractivity contribution >= 4 is 22.8 Å². The van der Waals surface area contributed by atoms with Crippen molar-refractivity contribution in [1.82, 2.24) is 19.8 Å². The minimum Gasteiger partial charge on any atom is -0.391 e. The highest BCUT2D eigenvalue weighted by molar-refractivity contribution is 6.35. The Morgan fingerprint density at radius 3 is 2.96 bits per heavy atom. The number of fused-ring (bicyclic) bond motifs is 1. The fourth-order valence-corrected chi connectivity index (χ4v) is 3.28. The lowest BCUT2D eigenvalue weighted by atomic mass is 10.1. The molecule has 0 bridgehead atoms. The summed E-state index contributed by atoms with van der Waals surface area (Å²) in [4.78, 5) is 30.0. The van der Waals surface area contributed by atoms with E-state index in [0.29, 0.717) is 25.9 Å². The summed E-state index contributed by atoms with van der Waals surface area (Å²) in [5.74, 6) is -0.213. The van der Waals surface area contributed by atoms with Gasteiger partial charge in [-0.3, -0.25) is 9.59 Å². The van der Waals surface area contributed by atoms with Crippen LogP contribution in [0.25, 0.3) is 11.0 Å².